The standard InChI is InChI=1S/C22H33N3O8S2/c1-22(16-26,33-4)15-24-19-11-10-18(12-20(19)34(23,27)28)35(29,30)25(14-21(31-2)32-3)13-17-8-6-5-7-9-17/h5-12,21,24,26H,13-16H2,1-4H3,(H2,23,27,28). The van der Waals surface area contributed by atoms with Crippen molar-refractivity contribution in [2.45, 2.75) is 35.2 Å². The lowest BCUT2D eigenvalue weighted by atomic mass is 10.1. The van der Waals surface area contributed by atoms with E-state index in [0.29, 0.717) is 0 Å². The Hall–Kier alpha value is -2.10. The highest BCUT2D eigenvalue weighted by Crippen LogP contribution is 2.28. The number of aliphatic hydroxyl groups is 1. The maximum Gasteiger partial charge on any atom is 0.243 e. The van der Waals surface area contributed by atoms with E-state index in [-0.39, 0.29) is 36.8 Å². The Morgan fingerprint density at radius 3 is 2.20 bits per heavy atom. The van der Waals surface area contributed by atoms with Gasteiger partial charge in [0.25, 0.3) is 0 Å². The summed E-state index contributed by atoms with van der Waals surface area (Å²) in [7, 11) is -4.33. The lowest BCUT2D eigenvalue weighted by Gasteiger charge is -2.27. The summed E-state index contributed by atoms with van der Waals surface area (Å²) in [5.74, 6) is 0. The van der Waals surface area contributed by atoms with Crippen LogP contribution in [0, 0.1) is 0 Å². The second-order valence-electron chi connectivity index (χ2n) is 8.05. The molecule has 2 aromatic rings. The number of benzene rings is 2. The lowest BCUT2D eigenvalue weighted by Crippen LogP contribution is -2.40. The molecule has 0 spiro atoms. The molecule has 13 heteroatoms. The Bertz CT molecular complexity index is 1170. The van der Waals surface area contributed by atoms with Crippen LogP contribution in [0.15, 0.2) is 58.3 Å². The molecule has 0 amide bonds. The van der Waals surface area contributed by atoms with E-state index in [1.54, 1.807) is 31.2 Å². The monoisotopic (exact) mass is 531 g/mol. The lowest BCUT2D eigenvalue weighted by molar-refractivity contribution is -0.108. The van der Waals surface area contributed by atoms with Gasteiger partial charge in [0.1, 0.15) is 10.5 Å². The van der Waals surface area contributed by atoms with Gasteiger partial charge in [-0.05, 0) is 30.7 Å². The fourth-order valence-electron chi connectivity index (χ4n) is 3.11. The first-order valence-corrected chi connectivity index (χ1v) is 13.5. The first kappa shape index (κ1) is 29.1. The van der Waals surface area contributed by atoms with E-state index in [2.05, 4.69) is 5.32 Å². The average molecular weight is 532 g/mol. The van der Waals surface area contributed by atoms with Crippen molar-refractivity contribution in [3.8, 4) is 0 Å². The van der Waals surface area contributed by atoms with E-state index in [1.807, 2.05) is 6.07 Å². The third-order valence-electron chi connectivity index (χ3n) is 5.46. The quantitative estimate of drug-likeness (QED) is 0.302. The van der Waals surface area contributed by atoms with Crippen LogP contribution in [-0.2, 0) is 40.8 Å². The predicted molar refractivity (Wildman–Crippen MR) is 131 cm³/mol. The maximum atomic E-state index is 13.6. The number of hydrogen-bond acceptors (Lipinski definition) is 9. The Labute approximate surface area is 206 Å². The Balaban J connectivity index is 2.50. The molecule has 0 bridgehead atoms. The summed E-state index contributed by atoms with van der Waals surface area (Å²) in [4.78, 5) is -0.685. The number of sulfonamides is 2. The van der Waals surface area contributed by atoms with Crippen LogP contribution in [0.4, 0.5) is 5.69 Å². The van der Waals surface area contributed by atoms with E-state index >= 15 is 0 Å². The minimum absolute atomic E-state index is 0.000202. The SMILES string of the molecule is COC(CN(Cc1ccccc1)S(=O)(=O)c1ccc(NCC(C)(CO)OC)c(S(N)(=O)=O)c1)OC. The van der Waals surface area contributed by atoms with Crippen molar-refractivity contribution in [3.05, 3.63) is 54.1 Å². The highest BCUT2D eigenvalue weighted by molar-refractivity contribution is 7.90. The Kier molecular flexibility index (Phi) is 10.2. The van der Waals surface area contributed by atoms with Gasteiger partial charge in [-0.15, -0.1) is 0 Å². The van der Waals surface area contributed by atoms with Gasteiger partial charge in [0.2, 0.25) is 20.0 Å². The third-order valence-corrected chi connectivity index (χ3v) is 8.22. The van der Waals surface area contributed by atoms with Crippen molar-refractivity contribution in [1.82, 2.24) is 4.31 Å². The number of primary sulfonamides is 1. The molecule has 0 aliphatic carbocycles. The molecule has 0 heterocycles. The largest absolute Gasteiger partial charge is 0.393 e. The molecule has 0 fully saturated rings. The molecule has 11 nitrogen and oxygen atoms in total. The van der Waals surface area contributed by atoms with Crippen molar-refractivity contribution in [2.24, 2.45) is 5.14 Å². The number of aliphatic hydroxyl groups excluding tert-OH is 1. The summed E-state index contributed by atoms with van der Waals surface area (Å²) >= 11 is 0. The smallest absolute Gasteiger partial charge is 0.243 e. The van der Waals surface area contributed by atoms with E-state index in [9.17, 15) is 21.9 Å². The molecule has 0 saturated heterocycles. The van der Waals surface area contributed by atoms with Crippen molar-refractivity contribution in [2.75, 3.05) is 46.3 Å². The molecule has 1 atom stereocenters. The zero-order valence-electron chi connectivity index (χ0n) is 20.2. The second-order valence-corrected chi connectivity index (χ2v) is 11.5. The van der Waals surface area contributed by atoms with Gasteiger partial charge >= 0.3 is 0 Å². The van der Waals surface area contributed by atoms with Crippen molar-refractivity contribution in [1.29, 1.82) is 0 Å². The topological polar surface area (TPSA) is 157 Å². The molecule has 35 heavy (non-hydrogen) atoms. The van der Waals surface area contributed by atoms with Gasteiger partial charge in [-0.3, -0.25) is 0 Å². The summed E-state index contributed by atoms with van der Waals surface area (Å²) in [6.45, 7) is 1.19. The molecule has 2 rings (SSSR count). The minimum atomic E-state index is -4.31. The molecule has 196 valence electrons. The summed E-state index contributed by atoms with van der Waals surface area (Å²) in [6.07, 6.45) is -0.850. The Morgan fingerprint density at radius 2 is 1.69 bits per heavy atom. The number of nitrogens with one attached hydrogen (secondary N) is 1. The molecule has 0 radical (unpaired) electrons. The van der Waals surface area contributed by atoms with Gasteiger partial charge in [-0.1, -0.05) is 30.3 Å². The van der Waals surface area contributed by atoms with Crippen molar-refractivity contribution < 1.29 is 36.2 Å². The summed E-state index contributed by atoms with van der Waals surface area (Å²) in [5.41, 5.74) is -0.207. The number of hydrogen-bond donors (Lipinski definition) is 3. The zero-order chi connectivity index (χ0) is 26.3. The number of rotatable bonds is 14. The minimum Gasteiger partial charge on any atom is -0.393 e. The van der Waals surface area contributed by atoms with Crippen LogP contribution in [0.3, 0.4) is 0 Å². The zero-order valence-corrected chi connectivity index (χ0v) is 21.8. The number of ether oxygens (including phenoxy) is 3. The first-order valence-electron chi connectivity index (χ1n) is 10.6. The van der Waals surface area contributed by atoms with Crippen LogP contribution in [0.25, 0.3) is 0 Å². The van der Waals surface area contributed by atoms with Gasteiger partial charge < -0.3 is 24.6 Å². The first-order chi connectivity index (χ1) is 16.4. The molecule has 1 unspecified atom stereocenters. The predicted octanol–water partition coefficient (Wildman–Crippen LogP) is 0.953. The van der Waals surface area contributed by atoms with Crippen molar-refractivity contribution in [3.63, 3.8) is 0 Å². The van der Waals surface area contributed by atoms with Gasteiger partial charge in [-0.2, -0.15) is 4.31 Å². The van der Waals surface area contributed by atoms with Crippen LogP contribution >= 0.6 is 0 Å². The molecule has 0 aromatic heterocycles. The number of anilines is 1. The van der Waals surface area contributed by atoms with Gasteiger partial charge in [0.05, 0.1) is 23.7 Å². The Morgan fingerprint density at radius 1 is 1.06 bits per heavy atom. The number of nitrogens with zero attached hydrogens (tertiary/aromatic N) is 1. The van der Waals surface area contributed by atoms with E-state index < -0.39 is 36.8 Å². The normalized spacial score (nSPS) is 14.3. The maximum absolute atomic E-state index is 13.6. The molecule has 4 N–H and O–H groups in total. The number of nitrogens with two attached hydrogens (primary N) is 1. The molecule has 0 saturated carbocycles. The molecular formula is C22H33N3O8S2. The third kappa shape index (κ3) is 7.69. The van der Waals surface area contributed by atoms with Crippen LogP contribution < -0.4 is 10.5 Å². The van der Waals surface area contributed by atoms with Gasteiger partial charge in [0, 0.05) is 34.4 Å². The van der Waals surface area contributed by atoms with Crippen LogP contribution in [0.5, 0.6) is 0 Å². The van der Waals surface area contributed by atoms with Crippen LogP contribution in [0.2, 0.25) is 0 Å². The average Bonchev–Trinajstić information content (AvgIpc) is 2.84. The molecular weight excluding hydrogens is 498 g/mol. The fraction of sp³-hybridized carbons (Fsp3) is 0.455. The second kappa shape index (κ2) is 12.2. The fourth-order valence-corrected chi connectivity index (χ4v) is 5.37. The summed E-state index contributed by atoms with van der Waals surface area (Å²) in [5, 5.41) is 17.8. The highest BCUT2D eigenvalue weighted by atomic mass is 32.2. The summed E-state index contributed by atoms with van der Waals surface area (Å²) in [6, 6.07) is 12.5. The van der Waals surface area contributed by atoms with Crippen LogP contribution in [-0.4, -0.2) is 79.2 Å². The van der Waals surface area contributed by atoms with E-state index in [1.165, 1.54) is 33.5 Å². The molecule has 2 aromatic carbocycles. The number of methoxy groups -OCH3 is 3. The van der Waals surface area contributed by atoms with Gasteiger partial charge in [0.15, 0.2) is 6.29 Å². The highest BCUT2D eigenvalue weighted by Gasteiger charge is 2.30. The molecule has 0 aliphatic heterocycles. The van der Waals surface area contributed by atoms with E-state index in [4.69, 9.17) is 19.3 Å². The van der Waals surface area contributed by atoms with Gasteiger partial charge in [-0.25, -0.2) is 22.0 Å². The van der Waals surface area contributed by atoms with E-state index in [0.717, 1.165) is 15.9 Å². The summed E-state index contributed by atoms with van der Waals surface area (Å²) < 4.78 is 68.7. The van der Waals surface area contributed by atoms with Crippen LogP contribution in [0.1, 0.15) is 12.5 Å². The molecule has 0 aliphatic rings. The van der Waals surface area contributed by atoms with Crippen molar-refractivity contribution >= 4 is 25.7 Å².